The van der Waals surface area contributed by atoms with Crippen LogP contribution in [0.25, 0.3) is 0 Å². The molecule has 6 nitrogen and oxygen atoms in total. The molecule has 0 atom stereocenters. The Hall–Kier alpha value is -1.99. The van der Waals surface area contributed by atoms with Gasteiger partial charge in [-0.15, -0.1) is 0 Å². The molecule has 0 aliphatic heterocycles. The Bertz CT molecular complexity index is 397. The first-order chi connectivity index (χ1) is 6.99. The van der Waals surface area contributed by atoms with E-state index in [1.165, 1.54) is 0 Å². The summed E-state index contributed by atoms with van der Waals surface area (Å²) in [6.45, 7) is 0. The SMILES string of the molecule is COc1ncc(O)c([N+](=O)[O-])c1C(F)F. The fourth-order valence-electron chi connectivity index (χ4n) is 1.04. The van der Waals surface area contributed by atoms with Crippen LogP contribution in [-0.4, -0.2) is 22.1 Å². The number of aromatic nitrogens is 1. The number of alkyl halides is 2. The molecule has 0 bridgehead atoms. The number of methoxy groups -OCH3 is 1. The van der Waals surface area contributed by atoms with Crippen LogP contribution in [0.3, 0.4) is 0 Å². The molecule has 0 saturated heterocycles. The molecule has 0 fully saturated rings. The maximum Gasteiger partial charge on any atom is 0.326 e. The van der Waals surface area contributed by atoms with Crippen molar-refractivity contribution in [1.29, 1.82) is 0 Å². The highest BCUT2D eigenvalue weighted by Gasteiger charge is 2.31. The van der Waals surface area contributed by atoms with Crippen LogP contribution in [0.4, 0.5) is 14.5 Å². The van der Waals surface area contributed by atoms with Gasteiger partial charge in [0.25, 0.3) is 6.43 Å². The topological polar surface area (TPSA) is 85.5 Å². The zero-order valence-electron chi connectivity index (χ0n) is 7.48. The molecule has 0 spiro atoms. The summed E-state index contributed by atoms with van der Waals surface area (Å²) >= 11 is 0. The van der Waals surface area contributed by atoms with E-state index in [0.29, 0.717) is 6.20 Å². The Morgan fingerprint density at radius 2 is 2.27 bits per heavy atom. The lowest BCUT2D eigenvalue weighted by atomic mass is 10.2. The Labute approximate surface area is 82.3 Å². The van der Waals surface area contributed by atoms with E-state index >= 15 is 0 Å². The number of pyridine rings is 1. The van der Waals surface area contributed by atoms with Crippen molar-refractivity contribution in [3.63, 3.8) is 0 Å². The summed E-state index contributed by atoms with van der Waals surface area (Å²) in [7, 11) is 1.05. The summed E-state index contributed by atoms with van der Waals surface area (Å²) in [6.07, 6.45) is -2.47. The van der Waals surface area contributed by atoms with Crippen LogP contribution in [-0.2, 0) is 0 Å². The number of ether oxygens (including phenoxy) is 1. The highest BCUT2D eigenvalue weighted by Crippen LogP contribution is 2.40. The molecule has 0 saturated carbocycles. The van der Waals surface area contributed by atoms with Crippen LogP contribution < -0.4 is 4.74 Å². The molecule has 0 aromatic carbocycles. The molecule has 1 rings (SSSR count). The van der Waals surface area contributed by atoms with Gasteiger partial charge in [-0.2, -0.15) is 0 Å². The molecule has 0 radical (unpaired) electrons. The maximum absolute atomic E-state index is 12.5. The van der Waals surface area contributed by atoms with Crippen LogP contribution in [0.1, 0.15) is 12.0 Å². The Balaban J connectivity index is 3.51. The van der Waals surface area contributed by atoms with E-state index in [0.717, 1.165) is 7.11 Å². The third kappa shape index (κ3) is 1.92. The van der Waals surface area contributed by atoms with Crippen LogP contribution in [0.15, 0.2) is 6.20 Å². The van der Waals surface area contributed by atoms with Gasteiger partial charge in [-0.25, -0.2) is 13.8 Å². The summed E-state index contributed by atoms with van der Waals surface area (Å²) in [5.41, 5.74) is -2.11. The zero-order valence-corrected chi connectivity index (χ0v) is 7.48. The summed E-state index contributed by atoms with van der Waals surface area (Å²) in [5.74, 6) is -1.49. The Kier molecular flexibility index (Phi) is 2.98. The van der Waals surface area contributed by atoms with E-state index in [4.69, 9.17) is 5.11 Å². The van der Waals surface area contributed by atoms with E-state index in [-0.39, 0.29) is 0 Å². The Morgan fingerprint density at radius 3 is 2.67 bits per heavy atom. The standard InChI is InChI=1S/C7H6F2N2O4/c1-15-7-4(6(8)9)5(11(13)14)3(12)2-10-7/h2,6,12H,1H3. The first-order valence-electron chi connectivity index (χ1n) is 3.67. The fraction of sp³-hybridized carbons (Fsp3) is 0.286. The normalized spacial score (nSPS) is 10.4. The molecule has 8 heteroatoms. The lowest BCUT2D eigenvalue weighted by Crippen LogP contribution is -2.01. The third-order valence-electron chi connectivity index (χ3n) is 1.63. The number of rotatable bonds is 3. The summed E-state index contributed by atoms with van der Waals surface area (Å²) in [4.78, 5) is 12.6. The monoisotopic (exact) mass is 220 g/mol. The molecule has 0 aliphatic rings. The second kappa shape index (κ2) is 4.03. The van der Waals surface area contributed by atoms with E-state index in [1.807, 2.05) is 0 Å². The van der Waals surface area contributed by atoms with Gasteiger partial charge in [0, 0.05) is 0 Å². The summed E-state index contributed by atoms with van der Waals surface area (Å²) < 4.78 is 29.4. The van der Waals surface area contributed by atoms with Crippen LogP contribution in [0, 0.1) is 10.1 Å². The van der Waals surface area contributed by atoms with Gasteiger partial charge in [-0.1, -0.05) is 0 Å². The first kappa shape index (κ1) is 11.1. The number of nitro groups is 1. The minimum atomic E-state index is -3.15. The van der Waals surface area contributed by atoms with Gasteiger partial charge < -0.3 is 9.84 Å². The van der Waals surface area contributed by atoms with Gasteiger partial charge in [0.15, 0.2) is 5.56 Å². The summed E-state index contributed by atoms with van der Waals surface area (Å²) in [5, 5.41) is 19.5. The predicted octanol–water partition coefficient (Wildman–Crippen LogP) is 1.64. The molecule has 0 unspecified atom stereocenters. The van der Waals surface area contributed by atoms with Crippen molar-refractivity contribution >= 4 is 5.69 Å². The molecule has 1 heterocycles. The van der Waals surface area contributed by atoms with Gasteiger partial charge in [0.05, 0.1) is 18.2 Å². The van der Waals surface area contributed by atoms with Gasteiger partial charge >= 0.3 is 5.69 Å². The number of aromatic hydroxyl groups is 1. The molecule has 15 heavy (non-hydrogen) atoms. The van der Waals surface area contributed by atoms with Crippen molar-refractivity contribution in [2.24, 2.45) is 0 Å². The molecular formula is C7H6F2N2O4. The maximum atomic E-state index is 12.5. The molecule has 0 amide bonds. The molecular weight excluding hydrogens is 214 g/mol. The minimum Gasteiger partial charge on any atom is -0.501 e. The second-order valence-corrected chi connectivity index (χ2v) is 2.47. The summed E-state index contributed by atoms with van der Waals surface area (Å²) in [6, 6.07) is 0. The molecule has 1 aromatic rings. The molecule has 1 N–H and O–H groups in total. The number of hydrogen-bond acceptors (Lipinski definition) is 5. The van der Waals surface area contributed by atoms with Crippen molar-refractivity contribution in [2.45, 2.75) is 6.43 Å². The largest absolute Gasteiger partial charge is 0.501 e. The van der Waals surface area contributed by atoms with Crippen molar-refractivity contribution in [2.75, 3.05) is 7.11 Å². The van der Waals surface area contributed by atoms with Crippen molar-refractivity contribution < 1.29 is 23.5 Å². The highest BCUT2D eigenvalue weighted by atomic mass is 19.3. The van der Waals surface area contributed by atoms with Crippen molar-refractivity contribution in [3.05, 3.63) is 21.9 Å². The average molecular weight is 220 g/mol. The second-order valence-electron chi connectivity index (χ2n) is 2.47. The number of halogens is 2. The van der Waals surface area contributed by atoms with Crippen LogP contribution in [0.5, 0.6) is 11.6 Å². The lowest BCUT2D eigenvalue weighted by molar-refractivity contribution is -0.387. The predicted molar refractivity (Wildman–Crippen MR) is 44.1 cm³/mol. The van der Waals surface area contributed by atoms with E-state index in [2.05, 4.69) is 9.72 Å². The smallest absolute Gasteiger partial charge is 0.326 e. The van der Waals surface area contributed by atoms with Crippen molar-refractivity contribution in [3.8, 4) is 11.6 Å². The minimum absolute atomic E-state index is 0.575. The van der Waals surface area contributed by atoms with Crippen LogP contribution in [0.2, 0.25) is 0 Å². The highest BCUT2D eigenvalue weighted by molar-refractivity contribution is 5.55. The van der Waals surface area contributed by atoms with E-state index in [1.54, 1.807) is 0 Å². The molecule has 0 aliphatic carbocycles. The van der Waals surface area contributed by atoms with E-state index in [9.17, 15) is 18.9 Å². The van der Waals surface area contributed by atoms with Gasteiger partial charge in [-0.3, -0.25) is 10.1 Å². The van der Waals surface area contributed by atoms with Crippen molar-refractivity contribution in [1.82, 2.24) is 4.98 Å². The number of hydrogen-bond donors (Lipinski definition) is 1. The first-order valence-corrected chi connectivity index (χ1v) is 3.67. The molecule has 82 valence electrons. The number of nitrogens with zero attached hydrogens (tertiary/aromatic N) is 2. The van der Waals surface area contributed by atoms with Crippen LogP contribution >= 0.6 is 0 Å². The molecule has 1 aromatic heterocycles. The third-order valence-corrected chi connectivity index (χ3v) is 1.63. The van der Waals surface area contributed by atoms with Gasteiger partial charge in [0.2, 0.25) is 11.6 Å². The van der Waals surface area contributed by atoms with Gasteiger partial charge in [-0.05, 0) is 0 Å². The zero-order chi connectivity index (χ0) is 11.6. The van der Waals surface area contributed by atoms with E-state index < -0.39 is 34.2 Å². The fourth-order valence-corrected chi connectivity index (χ4v) is 1.04. The Morgan fingerprint density at radius 1 is 1.67 bits per heavy atom. The average Bonchev–Trinajstić information content (AvgIpc) is 2.16. The van der Waals surface area contributed by atoms with Gasteiger partial charge in [0.1, 0.15) is 0 Å². The quantitative estimate of drug-likeness (QED) is 0.618. The lowest BCUT2D eigenvalue weighted by Gasteiger charge is -2.07.